The summed E-state index contributed by atoms with van der Waals surface area (Å²) in [6.07, 6.45) is 0. The Morgan fingerprint density at radius 1 is 1.07 bits per heavy atom. The monoisotopic (exact) mass is 386 g/mol. The van der Waals surface area contributed by atoms with E-state index >= 15 is 0 Å². The van der Waals surface area contributed by atoms with Gasteiger partial charge in [0, 0.05) is 0 Å². The first-order chi connectivity index (χ1) is 12.6. The summed E-state index contributed by atoms with van der Waals surface area (Å²) >= 11 is 0. The van der Waals surface area contributed by atoms with Crippen LogP contribution in [0.1, 0.15) is 31.9 Å². The van der Waals surface area contributed by atoms with Crippen molar-refractivity contribution in [2.45, 2.75) is 44.7 Å². The molecule has 1 aliphatic heterocycles. The quantitative estimate of drug-likeness (QED) is 0.755. The number of carbonyl (C=O) groups excluding carboxylic acids is 1. The maximum Gasteiger partial charge on any atom is 0.371 e. The van der Waals surface area contributed by atoms with E-state index in [4.69, 9.17) is 4.74 Å². The molecule has 0 fully saturated rings. The van der Waals surface area contributed by atoms with E-state index in [0.29, 0.717) is 12.2 Å². The maximum atomic E-state index is 12.9. The highest BCUT2D eigenvalue weighted by Gasteiger charge is 2.39. The number of sulfone groups is 1. The lowest BCUT2D eigenvalue weighted by Crippen LogP contribution is -2.38. The van der Waals surface area contributed by atoms with Crippen LogP contribution in [0, 0.1) is 6.92 Å². The van der Waals surface area contributed by atoms with Crippen molar-refractivity contribution in [2.24, 2.45) is 5.10 Å². The van der Waals surface area contributed by atoms with Crippen molar-refractivity contribution in [3.8, 4) is 0 Å². The molecule has 1 aliphatic rings. The molecule has 7 heteroatoms. The Morgan fingerprint density at radius 2 is 1.70 bits per heavy atom. The van der Waals surface area contributed by atoms with Gasteiger partial charge in [-0.25, -0.2) is 13.2 Å². The number of para-hydroxylation sites is 1. The van der Waals surface area contributed by atoms with Crippen molar-refractivity contribution in [1.29, 1.82) is 0 Å². The number of hydrazone groups is 1. The lowest BCUT2D eigenvalue weighted by atomic mass is 10.1. The smallest absolute Gasteiger partial charge is 0.371 e. The third-order valence-corrected chi connectivity index (χ3v) is 5.61. The molecule has 6 nitrogen and oxygen atoms in total. The van der Waals surface area contributed by atoms with Crippen LogP contribution < -0.4 is 5.01 Å². The molecule has 0 amide bonds. The molecule has 2 aromatic carbocycles. The van der Waals surface area contributed by atoms with Crippen LogP contribution in [0.5, 0.6) is 0 Å². The largest absolute Gasteiger partial charge is 0.455 e. The molecular formula is C20H22N2O4S. The Hall–Kier alpha value is -2.67. The first-order valence-corrected chi connectivity index (χ1v) is 10.1. The van der Waals surface area contributed by atoms with Gasteiger partial charge in [0.2, 0.25) is 9.84 Å². The number of hydrogen-bond acceptors (Lipinski definition) is 6. The molecule has 0 unspecified atom stereocenters. The number of hydrogen-bond donors (Lipinski definition) is 0. The summed E-state index contributed by atoms with van der Waals surface area (Å²) in [5.41, 5.74) is 1.68. The number of rotatable bonds is 3. The number of fused-ring (bicyclic) bond motifs is 1. The van der Waals surface area contributed by atoms with Gasteiger partial charge in [-0.05, 0) is 45.4 Å². The Bertz CT molecular complexity index is 1000. The molecule has 0 aromatic heterocycles. The second-order valence-electron chi connectivity index (χ2n) is 7.42. The summed E-state index contributed by atoms with van der Waals surface area (Å²) in [6.45, 7) is 7.36. The van der Waals surface area contributed by atoms with E-state index in [1.165, 1.54) is 11.1 Å². The van der Waals surface area contributed by atoms with E-state index in [2.05, 4.69) is 5.10 Å². The molecule has 0 aliphatic carbocycles. The molecule has 0 spiro atoms. The van der Waals surface area contributed by atoms with Gasteiger partial charge in [-0.3, -0.25) is 5.01 Å². The second-order valence-corrected chi connectivity index (χ2v) is 9.25. The van der Waals surface area contributed by atoms with Crippen LogP contribution >= 0.6 is 0 Å². The van der Waals surface area contributed by atoms with Gasteiger partial charge in [-0.15, -0.1) is 0 Å². The van der Waals surface area contributed by atoms with E-state index in [1.807, 2.05) is 31.2 Å². The van der Waals surface area contributed by atoms with E-state index < -0.39 is 26.5 Å². The van der Waals surface area contributed by atoms with Gasteiger partial charge in [0.25, 0.3) is 5.04 Å². The average Bonchev–Trinajstić information content (AvgIpc) is 2.57. The summed E-state index contributed by atoms with van der Waals surface area (Å²) in [5, 5.41) is 5.10. The molecule has 0 saturated heterocycles. The minimum Gasteiger partial charge on any atom is -0.455 e. The molecule has 27 heavy (non-hydrogen) atoms. The molecule has 0 saturated carbocycles. The fraction of sp³-hybridized carbons (Fsp3) is 0.300. The average molecular weight is 386 g/mol. The SMILES string of the molecule is Cc1ccc(CN2N=C(C(=O)OC(C)(C)C)S(=O)(=O)c3ccccc32)cc1. The Morgan fingerprint density at radius 3 is 2.33 bits per heavy atom. The molecule has 142 valence electrons. The second kappa shape index (κ2) is 6.81. The van der Waals surface area contributed by atoms with Crippen molar-refractivity contribution in [1.82, 2.24) is 0 Å². The van der Waals surface area contributed by atoms with Gasteiger partial charge in [0.1, 0.15) is 5.60 Å². The Labute approximate surface area is 159 Å². The lowest BCUT2D eigenvalue weighted by molar-refractivity contribution is -0.145. The fourth-order valence-corrected chi connectivity index (χ4v) is 4.06. The highest BCUT2D eigenvalue weighted by Crippen LogP contribution is 2.33. The van der Waals surface area contributed by atoms with E-state index in [9.17, 15) is 13.2 Å². The summed E-state index contributed by atoms with van der Waals surface area (Å²) in [7, 11) is -4.05. The van der Waals surface area contributed by atoms with E-state index in [-0.39, 0.29) is 4.90 Å². The number of anilines is 1. The zero-order valence-electron chi connectivity index (χ0n) is 15.8. The van der Waals surface area contributed by atoms with Crippen molar-refractivity contribution < 1.29 is 17.9 Å². The van der Waals surface area contributed by atoms with Gasteiger partial charge in [-0.1, -0.05) is 42.0 Å². The van der Waals surface area contributed by atoms with Gasteiger partial charge >= 0.3 is 5.97 Å². The first-order valence-electron chi connectivity index (χ1n) is 8.57. The van der Waals surface area contributed by atoms with Crippen LogP contribution in [0.15, 0.2) is 58.5 Å². The highest BCUT2D eigenvalue weighted by molar-refractivity contribution is 8.08. The number of carbonyl (C=O) groups is 1. The summed E-state index contributed by atoms with van der Waals surface area (Å²) in [6, 6.07) is 14.4. The number of benzene rings is 2. The Balaban J connectivity index is 2.06. The van der Waals surface area contributed by atoms with Crippen molar-refractivity contribution >= 4 is 26.5 Å². The lowest BCUT2D eigenvalue weighted by Gasteiger charge is -2.28. The van der Waals surface area contributed by atoms with Crippen molar-refractivity contribution in [3.05, 3.63) is 59.7 Å². The maximum absolute atomic E-state index is 12.9. The fourth-order valence-electron chi connectivity index (χ4n) is 2.68. The predicted octanol–water partition coefficient (Wildman–Crippen LogP) is 3.44. The molecular weight excluding hydrogens is 364 g/mol. The summed E-state index contributed by atoms with van der Waals surface area (Å²) in [4.78, 5) is 12.6. The van der Waals surface area contributed by atoms with Crippen LogP contribution in [0.25, 0.3) is 0 Å². The molecule has 0 N–H and O–H groups in total. The van der Waals surface area contributed by atoms with Gasteiger partial charge in [0.15, 0.2) is 0 Å². The third-order valence-electron chi connectivity index (χ3n) is 3.93. The molecule has 2 aromatic rings. The molecule has 1 heterocycles. The van der Waals surface area contributed by atoms with Gasteiger partial charge < -0.3 is 4.74 Å². The zero-order chi connectivity index (χ0) is 19.8. The summed E-state index contributed by atoms with van der Waals surface area (Å²) in [5.74, 6) is -0.953. The Kier molecular flexibility index (Phi) is 4.82. The first kappa shape index (κ1) is 19.1. The van der Waals surface area contributed by atoms with Gasteiger partial charge in [0.05, 0.1) is 17.1 Å². The summed E-state index contributed by atoms with van der Waals surface area (Å²) < 4.78 is 31.1. The number of esters is 1. The van der Waals surface area contributed by atoms with Crippen LogP contribution in [0.2, 0.25) is 0 Å². The standard InChI is InChI=1S/C20H22N2O4S/c1-14-9-11-15(12-10-14)13-22-16-7-5-6-8-17(16)27(24,25)18(21-22)19(23)26-20(2,3)4/h5-12H,13H2,1-4H3. The van der Waals surface area contributed by atoms with E-state index in [0.717, 1.165) is 11.1 Å². The molecule has 0 bridgehead atoms. The number of ether oxygens (including phenoxy) is 1. The van der Waals surface area contributed by atoms with Crippen molar-refractivity contribution in [2.75, 3.05) is 5.01 Å². The molecule has 3 rings (SSSR count). The van der Waals surface area contributed by atoms with Crippen LogP contribution in [-0.2, 0) is 25.9 Å². The number of aryl methyl sites for hydroxylation is 1. The highest BCUT2D eigenvalue weighted by atomic mass is 32.2. The zero-order valence-corrected chi connectivity index (χ0v) is 16.6. The third kappa shape index (κ3) is 4.03. The normalized spacial score (nSPS) is 15.7. The van der Waals surface area contributed by atoms with Crippen LogP contribution in [0.4, 0.5) is 5.69 Å². The minimum absolute atomic E-state index is 0.0490. The predicted molar refractivity (Wildman–Crippen MR) is 104 cm³/mol. The van der Waals surface area contributed by atoms with Crippen LogP contribution in [-0.4, -0.2) is 25.0 Å². The molecule has 0 radical (unpaired) electrons. The molecule has 0 atom stereocenters. The van der Waals surface area contributed by atoms with Crippen molar-refractivity contribution in [3.63, 3.8) is 0 Å². The minimum atomic E-state index is -4.05. The number of nitrogens with zero attached hydrogens (tertiary/aromatic N) is 2. The van der Waals surface area contributed by atoms with E-state index in [1.54, 1.807) is 39.0 Å². The van der Waals surface area contributed by atoms with Crippen LogP contribution in [0.3, 0.4) is 0 Å². The van der Waals surface area contributed by atoms with Gasteiger partial charge in [-0.2, -0.15) is 5.10 Å². The topological polar surface area (TPSA) is 76.0 Å².